The van der Waals surface area contributed by atoms with Gasteiger partial charge in [-0.25, -0.2) is 0 Å². The van der Waals surface area contributed by atoms with E-state index in [9.17, 15) is 0 Å². The number of guanidine groups is 1. The Kier molecular flexibility index (Phi) is 7.56. The van der Waals surface area contributed by atoms with Crippen LogP contribution in [0.5, 0.6) is 0 Å². The zero-order valence-corrected chi connectivity index (χ0v) is 17.5. The molecule has 1 aliphatic heterocycles. The van der Waals surface area contributed by atoms with E-state index in [4.69, 9.17) is 4.99 Å². The third-order valence-corrected chi connectivity index (χ3v) is 6.04. The number of hydrogen-bond acceptors (Lipinski definition) is 3. The second-order valence-corrected chi connectivity index (χ2v) is 8.37. The lowest BCUT2D eigenvalue weighted by Gasteiger charge is -2.30. The summed E-state index contributed by atoms with van der Waals surface area (Å²) in [7, 11) is 4.08. The molecule has 1 N–H and O–H groups in total. The van der Waals surface area contributed by atoms with E-state index in [1.165, 1.54) is 63.6 Å². The summed E-state index contributed by atoms with van der Waals surface area (Å²) in [5.74, 6) is 1.93. The number of likely N-dealkylation sites (tertiary alicyclic amines) is 1. The molecule has 1 saturated heterocycles. The Morgan fingerprint density at radius 2 is 2.07 bits per heavy atom. The highest BCUT2D eigenvalue weighted by atomic mass is 15.3. The second-order valence-electron chi connectivity index (χ2n) is 8.37. The van der Waals surface area contributed by atoms with E-state index in [0.29, 0.717) is 6.04 Å². The molecule has 1 aromatic heterocycles. The molecule has 2 heterocycles. The molecule has 6 heteroatoms. The highest BCUT2D eigenvalue weighted by Crippen LogP contribution is 2.27. The number of aryl methyl sites for hydroxylation is 1. The molecule has 0 aromatic carbocycles. The molecule has 3 rings (SSSR count). The molecule has 6 nitrogen and oxygen atoms in total. The largest absolute Gasteiger partial charge is 0.357 e. The normalized spacial score (nSPS) is 22.3. The highest BCUT2D eigenvalue weighted by molar-refractivity contribution is 5.79. The first-order chi connectivity index (χ1) is 13.2. The fourth-order valence-electron chi connectivity index (χ4n) is 4.61. The summed E-state index contributed by atoms with van der Waals surface area (Å²) in [6.45, 7) is 7.33. The molecule has 1 aliphatic carbocycles. The molecule has 1 unspecified atom stereocenters. The molecule has 0 spiro atoms. The Bertz CT molecular complexity index is 589. The molecular weight excluding hydrogens is 336 g/mol. The Balaban J connectivity index is 1.55. The third kappa shape index (κ3) is 5.96. The summed E-state index contributed by atoms with van der Waals surface area (Å²) >= 11 is 0. The first-order valence-electron chi connectivity index (χ1n) is 10.9. The van der Waals surface area contributed by atoms with Crippen LogP contribution in [0, 0.1) is 5.92 Å². The van der Waals surface area contributed by atoms with Crippen LogP contribution in [-0.4, -0.2) is 64.8 Å². The Labute approximate surface area is 165 Å². The lowest BCUT2D eigenvalue weighted by molar-refractivity contribution is 0.190. The zero-order valence-electron chi connectivity index (χ0n) is 17.5. The minimum absolute atomic E-state index is 0.618. The van der Waals surface area contributed by atoms with Gasteiger partial charge < -0.3 is 10.2 Å². The summed E-state index contributed by atoms with van der Waals surface area (Å²) in [6, 6.07) is 0.618. The van der Waals surface area contributed by atoms with Gasteiger partial charge in [-0.1, -0.05) is 19.3 Å². The van der Waals surface area contributed by atoms with Crippen LogP contribution >= 0.6 is 0 Å². The number of aliphatic imine (C=N–C) groups is 1. The predicted molar refractivity (Wildman–Crippen MR) is 112 cm³/mol. The van der Waals surface area contributed by atoms with Crippen molar-refractivity contribution in [2.45, 2.75) is 64.5 Å². The predicted octanol–water partition coefficient (Wildman–Crippen LogP) is 2.86. The van der Waals surface area contributed by atoms with Crippen molar-refractivity contribution in [2.75, 3.05) is 33.2 Å². The highest BCUT2D eigenvalue weighted by Gasteiger charge is 2.27. The van der Waals surface area contributed by atoms with E-state index in [0.717, 1.165) is 31.5 Å². The van der Waals surface area contributed by atoms with Crippen molar-refractivity contribution in [1.82, 2.24) is 24.9 Å². The van der Waals surface area contributed by atoms with Crippen LogP contribution < -0.4 is 5.32 Å². The van der Waals surface area contributed by atoms with Crippen LogP contribution in [0.4, 0.5) is 0 Å². The molecular formula is C21H38N6. The van der Waals surface area contributed by atoms with Crippen LogP contribution in [0.3, 0.4) is 0 Å². The van der Waals surface area contributed by atoms with Gasteiger partial charge in [-0.15, -0.1) is 0 Å². The number of hydrogen-bond donors (Lipinski definition) is 1. The van der Waals surface area contributed by atoms with Crippen molar-refractivity contribution in [3.8, 4) is 0 Å². The average molecular weight is 375 g/mol. The van der Waals surface area contributed by atoms with Gasteiger partial charge in [0.15, 0.2) is 5.96 Å². The van der Waals surface area contributed by atoms with Gasteiger partial charge in [-0.2, -0.15) is 5.10 Å². The topological polar surface area (TPSA) is 48.7 Å². The van der Waals surface area contributed by atoms with Gasteiger partial charge in [0.25, 0.3) is 0 Å². The Morgan fingerprint density at radius 3 is 2.78 bits per heavy atom. The van der Waals surface area contributed by atoms with Crippen molar-refractivity contribution in [3.63, 3.8) is 0 Å². The van der Waals surface area contributed by atoms with Crippen LogP contribution in [-0.2, 0) is 13.6 Å². The fourth-order valence-corrected chi connectivity index (χ4v) is 4.61. The SMILES string of the molecule is CCNC(=NCC1CCCN1CC1CCCCC1)N(C)Cc1cnn(C)c1. The first-order valence-corrected chi connectivity index (χ1v) is 10.9. The number of aromatic nitrogens is 2. The van der Waals surface area contributed by atoms with Gasteiger partial charge in [0.2, 0.25) is 0 Å². The first kappa shape index (κ1) is 20.2. The minimum atomic E-state index is 0.618. The molecule has 1 aromatic rings. The van der Waals surface area contributed by atoms with E-state index in [2.05, 4.69) is 40.4 Å². The van der Waals surface area contributed by atoms with E-state index in [1.807, 2.05) is 17.9 Å². The summed E-state index contributed by atoms with van der Waals surface area (Å²) < 4.78 is 1.86. The van der Waals surface area contributed by atoms with Crippen molar-refractivity contribution in [3.05, 3.63) is 18.0 Å². The summed E-state index contributed by atoms with van der Waals surface area (Å²) in [5, 5.41) is 7.73. The minimum Gasteiger partial charge on any atom is -0.357 e. The average Bonchev–Trinajstić information content (AvgIpc) is 3.28. The van der Waals surface area contributed by atoms with Crippen molar-refractivity contribution >= 4 is 5.96 Å². The summed E-state index contributed by atoms with van der Waals surface area (Å²) in [4.78, 5) is 9.94. The summed E-state index contributed by atoms with van der Waals surface area (Å²) in [5.41, 5.74) is 1.21. The van der Waals surface area contributed by atoms with Gasteiger partial charge in [0.05, 0.1) is 12.7 Å². The molecule has 27 heavy (non-hydrogen) atoms. The van der Waals surface area contributed by atoms with Crippen LogP contribution in [0.15, 0.2) is 17.4 Å². The molecule has 0 radical (unpaired) electrons. The van der Waals surface area contributed by atoms with E-state index < -0.39 is 0 Å². The Morgan fingerprint density at radius 1 is 1.26 bits per heavy atom. The van der Waals surface area contributed by atoms with E-state index in [-0.39, 0.29) is 0 Å². The lowest BCUT2D eigenvalue weighted by Crippen LogP contribution is -2.41. The standard InChI is InChI=1S/C21H38N6/c1-4-22-21(25(2)15-19-13-24-26(3)16-19)23-14-20-11-8-12-27(20)17-18-9-6-5-7-10-18/h13,16,18,20H,4-12,14-15,17H2,1-3H3,(H,22,23). The molecule has 2 aliphatic rings. The Hall–Kier alpha value is -1.56. The molecule has 1 atom stereocenters. The molecule has 152 valence electrons. The van der Waals surface area contributed by atoms with Gasteiger partial charge in [-0.05, 0) is 45.1 Å². The molecule has 0 bridgehead atoms. The van der Waals surface area contributed by atoms with Crippen LogP contribution in [0.1, 0.15) is 57.4 Å². The number of nitrogens with zero attached hydrogens (tertiary/aromatic N) is 5. The maximum atomic E-state index is 5.00. The van der Waals surface area contributed by atoms with Gasteiger partial charge in [0.1, 0.15) is 0 Å². The number of nitrogens with one attached hydrogen (secondary N) is 1. The third-order valence-electron chi connectivity index (χ3n) is 6.04. The molecule has 0 amide bonds. The smallest absolute Gasteiger partial charge is 0.194 e. The van der Waals surface area contributed by atoms with Crippen LogP contribution in [0.25, 0.3) is 0 Å². The zero-order chi connectivity index (χ0) is 19.1. The van der Waals surface area contributed by atoms with E-state index >= 15 is 0 Å². The number of rotatable bonds is 7. The maximum Gasteiger partial charge on any atom is 0.194 e. The van der Waals surface area contributed by atoms with Crippen molar-refractivity contribution in [2.24, 2.45) is 18.0 Å². The maximum absolute atomic E-state index is 5.00. The molecule has 2 fully saturated rings. The quantitative estimate of drug-likeness (QED) is 0.589. The van der Waals surface area contributed by atoms with Crippen molar-refractivity contribution in [1.29, 1.82) is 0 Å². The van der Waals surface area contributed by atoms with Gasteiger partial charge >= 0.3 is 0 Å². The summed E-state index contributed by atoms with van der Waals surface area (Å²) in [6.07, 6.45) is 13.8. The van der Waals surface area contributed by atoms with Crippen LogP contribution in [0.2, 0.25) is 0 Å². The fraction of sp³-hybridized carbons (Fsp3) is 0.810. The van der Waals surface area contributed by atoms with E-state index in [1.54, 1.807) is 0 Å². The lowest BCUT2D eigenvalue weighted by atomic mass is 9.89. The molecule has 1 saturated carbocycles. The monoisotopic (exact) mass is 374 g/mol. The van der Waals surface area contributed by atoms with Gasteiger partial charge in [-0.3, -0.25) is 14.6 Å². The second kappa shape index (κ2) is 10.1. The van der Waals surface area contributed by atoms with Gasteiger partial charge in [0, 0.05) is 51.5 Å². The van der Waals surface area contributed by atoms with Crippen molar-refractivity contribution < 1.29 is 0 Å².